The second kappa shape index (κ2) is 5.24. The molecule has 0 radical (unpaired) electrons. The van der Waals surface area contributed by atoms with Crippen LogP contribution in [0.2, 0.25) is 0 Å². The van der Waals surface area contributed by atoms with Crippen LogP contribution in [0.5, 0.6) is 5.75 Å². The van der Waals surface area contributed by atoms with Gasteiger partial charge in [-0.05, 0) is 43.2 Å². The molecule has 1 aromatic heterocycles. The van der Waals surface area contributed by atoms with Crippen LogP contribution in [0.1, 0.15) is 21.5 Å². The monoisotopic (exact) mass is 278 g/mol. The van der Waals surface area contributed by atoms with E-state index in [9.17, 15) is 18.7 Å². The van der Waals surface area contributed by atoms with Gasteiger partial charge in [-0.25, -0.2) is 9.37 Å². The number of carbonyl (C=O) groups is 1. The summed E-state index contributed by atoms with van der Waals surface area (Å²) >= 11 is 0. The highest BCUT2D eigenvalue weighted by molar-refractivity contribution is 6.04. The maximum atomic E-state index is 13.5. The predicted octanol–water partition coefficient (Wildman–Crippen LogP) is 2.93. The lowest BCUT2D eigenvalue weighted by Gasteiger charge is -2.11. The molecule has 20 heavy (non-hydrogen) atoms. The minimum absolute atomic E-state index is 0.0987. The van der Waals surface area contributed by atoms with Crippen molar-refractivity contribution >= 4 is 11.6 Å². The van der Waals surface area contributed by atoms with Crippen molar-refractivity contribution in [2.75, 3.05) is 5.32 Å². The molecule has 0 saturated heterocycles. The molecule has 0 unspecified atom stereocenters. The topological polar surface area (TPSA) is 62.2 Å². The number of nitrogens with zero attached hydrogens (tertiary/aromatic N) is 1. The van der Waals surface area contributed by atoms with Gasteiger partial charge in [0.05, 0.1) is 5.56 Å². The highest BCUT2D eigenvalue weighted by Crippen LogP contribution is 2.25. The van der Waals surface area contributed by atoms with Crippen LogP contribution in [0.3, 0.4) is 0 Å². The van der Waals surface area contributed by atoms with E-state index in [1.165, 1.54) is 6.07 Å². The summed E-state index contributed by atoms with van der Waals surface area (Å²) in [6.07, 6.45) is 1.02. The fraction of sp³-hybridized carbons (Fsp3) is 0.143. The van der Waals surface area contributed by atoms with E-state index in [0.717, 1.165) is 12.3 Å². The molecular formula is C14H12F2N2O2. The largest absolute Gasteiger partial charge is 0.508 e. The van der Waals surface area contributed by atoms with Crippen molar-refractivity contribution in [1.29, 1.82) is 0 Å². The molecule has 0 fully saturated rings. The second-order valence-corrected chi connectivity index (χ2v) is 4.37. The highest BCUT2D eigenvalue weighted by atomic mass is 19.2. The molecule has 0 aliphatic carbocycles. The third-order valence-electron chi connectivity index (χ3n) is 2.88. The molecule has 1 heterocycles. The van der Waals surface area contributed by atoms with E-state index in [-0.39, 0.29) is 5.75 Å². The lowest BCUT2D eigenvalue weighted by Crippen LogP contribution is -2.15. The molecule has 2 N–H and O–H groups in total. The van der Waals surface area contributed by atoms with Gasteiger partial charge >= 0.3 is 0 Å². The smallest absolute Gasteiger partial charge is 0.258 e. The number of aryl methyl sites for hydroxylation is 2. The zero-order chi connectivity index (χ0) is 14.9. The number of pyridine rings is 1. The van der Waals surface area contributed by atoms with Crippen molar-refractivity contribution in [3.63, 3.8) is 0 Å². The molecule has 0 spiro atoms. The standard InChI is InChI=1S/C14H12F2N2O2/c1-7-6-11(19)8(2)5-10(7)18-14(20)9-3-4-17-13(16)12(9)15/h3-6,19H,1-2H3,(H,18,20). The molecule has 1 aromatic carbocycles. The third-order valence-corrected chi connectivity index (χ3v) is 2.88. The van der Waals surface area contributed by atoms with Gasteiger partial charge in [0.2, 0.25) is 5.95 Å². The number of amides is 1. The van der Waals surface area contributed by atoms with Crippen molar-refractivity contribution in [3.05, 3.63) is 52.9 Å². The van der Waals surface area contributed by atoms with Crippen LogP contribution >= 0.6 is 0 Å². The Balaban J connectivity index is 2.33. The summed E-state index contributed by atoms with van der Waals surface area (Å²) in [6, 6.07) is 4.13. The van der Waals surface area contributed by atoms with Gasteiger partial charge in [0, 0.05) is 11.9 Å². The summed E-state index contributed by atoms with van der Waals surface area (Å²) in [5.41, 5.74) is 1.16. The Kier molecular flexibility index (Phi) is 3.65. The average Bonchev–Trinajstić information content (AvgIpc) is 2.39. The third kappa shape index (κ3) is 2.59. The Bertz CT molecular complexity index is 687. The zero-order valence-corrected chi connectivity index (χ0v) is 10.9. The molecule has 0 aliphatic rings. The van der Waals surface area contributed by atoms with Crippen LogP contribution < -0.4 is 5.32 Å². The van der Waals surface area contributed by atoms with Crippen LogP contribution in [0.15, 0.2) is 24.4 Å². The van der Waals surface area contributed by atoms with E-state index >= 15 is 0 Å². The first-order valence-corrected chi connectivity index (χ1v) is 5.81. The highest BCUT2D eigenvalue weighted by Gasteiger charge is 2.17. The van der Waals surface area contributed by atoms with E-state index in [1.807, 2.05) is 0 Å². The molecule has 0 aliphatic heterocycles. The molecule has 4 nitrogen and oxygen atoms in total. The first-order chi connectivity index (χ1) is 9.40. The number of benzene rings is 1. The number of halogens is 2. The SMILES string of the molecule is Cc1cc(NC(=O)c2ccnc(F)c2F)c(C)cc1O. The van der Waals surface area contributed by atoms with Crippen LogP contribution in [0, 0.1) is 25.6 Å². The number of phenolic OH excluding ortho intramolecular Hbond substituents is 1. The molecule has 1 amide bonds. The van der Waals surface area contributed by atoms with E-state index < -0.39 is 23.2 Å². The number of aromatic hydroxyl groups is 1. The minimum Gasteiger partial charge on any atom is -0.508 e. The fourth-order valence-electron chi connectivity index (χ4n) is 1.72. The number of anilines is 1. The molecular weight excluding hydrogens is 266 g/mol. The number of rotatable bonds is 2. The number of aromatic nitrogens is 1. The summed E-state index contributed by atoms with van der Waals surface area (Å²) in [4.78, 5) is 15.0. The van der Waals surface area contributed by atoms with Crippen molar-refractivity contribution in [1.82, 2.24) is 4.98 Å². The zero-order valence-electron chi connectivity index (χ0n) is 10.9. The van der Waals surface area contributed by atoms with Crippen LogP contribution in [-0.4, -0.2) is 16.0 Å². The summed E-state index contributed by atoms with van der Waals surface area (Å²) in [5, 5.41) is 12.0. The maximum absolute atomic E-state index is 13.5. The first-order valence-electron chi connectivity index (χ1n) is 5.81. The molecule has 2 aromatic rings. The quantitative estimate of drug-likeness (QED) is 0.656. The Morgan fingerprint density at radius 3 is 2.65 bits per heavy atom. The van der Waals surface area contributed by atoms with Crippen molar-refractivity contribution in [2.45, 2.75) is 13.8 Å². The molecule has 0 bridgehead atoms. The fourth-order valence-corrected chi connectivity index (χ4v) is 1.72. The van der Waals surface area contributed by atoms with Crippen molar-refractivity contribution in [2.24, 2.45) is 0 Å². The van der Waals surface area contributed by atoms with Gasteiger partial charge < -0.3 is 10.4 Å². The lowest BCUT2D eigenvalue weighted by molar-refractivity contribution is 0.102. The van der Waals surface area contributed by atoms with Crippen LogP contribution in [-0.2, 0) is 0 Å². The summed E-state index contributed by atoms with van der Waals surface area (Å²) < 4.78 is 26.4. The lowest BCUT2D eigenvalue weighted by atomic mass is 10.1. The number of carbonyl (C=O) groups excluding carboxylic acids is 1. The maximum Gasteiger partial charge on any atom is 0.258 e. The molecule has 2 rings (SSSR count). The minimum atomic E-state index is -1.32. The summed E-state index contributed by atoms with van der Waals surface area (Å²) in [7, 11) is 0. The van der Waals surface area contributed by atoms with Gasteiger partial charge in [-0.3, -0.25) is 4.79 Å². The van der Waals surface area contributed by atoms with Gasteiger partial charge in [0.1, 0.15) is 5.75 Å². The number of nitrogens with one attached hydrogen (secondary N) is 1. The predicted molar refractivity (Wildman–Crippen MR) is 69.7 cm³/mol. The average molecular weight is 278 g/mol. The Morgan fingerprint density at radius 2 is 1.95 bits per heavy atom. The molecule has 104 valence electrons. The Hall–Kier alpha value is -2.50. The number of hydrogen-bond donors (Lipinski definition) is 2. The normalized spacial score (nSPS) is 10.4. The van der Waals surface area contributed by atoms with Crippen molar-refractivity contribution in [3.8, 4) is 5.75 Å². The van der Waals surface area contributed by atoms with Gasteiger partial charge in [0.25, 0.3) is 5.91 Å². The first kappa shape index (κ1) is 13.9. The van der Waals surface area contributed by atoms with E-state index in [1.54, 1.807) is 19.9 Å². The summed E-state index contributed by atoms with van der Waals surface area (Å²) in [6.45, 7) is 3.34. The van der Waals surface area contributed by atoms with E-state index in [2.05, 4.69) is 10.3 Å². The number of phenols is 1. The Labute approximate surface area is 114 Å². The van der Waals surface area contributed by atoms with Crippen molar-refractivity contribution < 1.29 is 18.7 Å². The van der Waals surface area contributed by atoms with Crippen LogP contribution in [0.4, 0.5) is 14.5 Å². The molecule has 0 saturated carbocycles. The molecule has 6 heteroatoms. The van der Waals surface area contributed by atoms with Gasteiger partial charge in [-0.1, -0.05) is 0 Å². The van der Waals surface area contributed by atoms with Gasteiger partial charge in [0.15, 0.2) is 5.82 Å². The summed E-state index contributed by atoms with van der Waals surface area (Å²) in [5.74, 6) is -3.30. The van der Waals surface area contributed by atoms with Gasteiger partial charge in [-0.2, -0.15) is 4.39 Å². The van der Waals surface area contributed by atoms with Gasteiger partial charge in [-0.15, -0.1) is 0 Å². The number of hydrogen-bond acceptors (Lipinski definition) is 3. The van der Waals surface area contributed by atoms with E-state index in [0.29, 0.717) is 16.8 Å². The molecule has 0 atom stereocenters. The van der Waals surface area contributed by atoms with E-state index in [4.69, 9.17) is 0 Å². The second-order valence-electron chi connectivity index (χ2n) is 4.37. The Morgan fingerprint density at radius 1 is 1.25 bits per heavy atom. The van der Waals surface area contributed by atoms with Crippen LogP contribution in [0.25, 0.3) is 0 Å².